The summed E-state index contributed by atoms with van der Waals surface area (Å²) in [4.78, 5) is 0. The third-order valence-electron chi connectivity index (χ3n) is 4.53. The average Bonchev–Trinajstić information content (AvgIpc) is 2.59. The first-order chi connectivity index (χ1) is 11.5. The van der Waals surface area contributed by atoms with Crippen LogP contribution in [0.4, 0.5) is 0 Å². The molecule has 3 aromatic rings. The lowest BCUT2D eigenvalue weighted by Gasteiger charge is -2.20. The number of rotatable bonds is 4. The molecular weight excluding hydrogens is 296 g/mol. The van der Waals surface area contributed by atoms with E-state index >= 15 is 0 Å². The molecule has 3 rings (SSSR count). The fourth-order valence-corrected chi connectivity index (χ4v) is 3.07. The van der Waals surface area contributed by atoms with E-state index in [0.717, 1.165) is 17.5 Å². The molecule has 2 heteroatoms. The van der Waals surface area contributed by atoms with Crippen LogP contribution in [0.5, 0.6) is 11.5 Å². The van der Waals surface area contributed by atoms with Gasteiger partial charge in [-0.15, -0.1) is 0 Å². The first kappa shape index (κ1) is 16.1. The molecule has 0 spiro atoms. The van der Waals surface area contributed by atoms with Gasteiger partial charge in [-0.1, -0.05) is 54.6 Å². The molecule has 2 N–H and O–H groups in total. The van der Waals surface area contributed by atoms with E-state index in [1.165, 1.54) is 16.7 Å². The number of phenolic OH excluding ortho intramolecular Hbond substituents is 2. The van der Waals surface area contributed by atoms with Gasteiger partial charge in [0.15, 0.2) is 0 Å². The predicted molar refractivity (Wildman–Crippen MR) is 97.7 cm³/mol. The Morgan fingerprint density at radius 3 is 1.67 bits per heavy atom. The normalized spacial score (nSPS) is 11.0. The van der Waals surface area contributed by atoms with Crippen LogP contribution < -0.4 is 0 Å². The van der Waals surface area contributed by atoms with Crippen LogP contribution in [0.3, 0.4) is 0 Å². The number of hydrogen-bond acceptors (Lipinski definition) is 2. The van der Waals surface area contributed by atoms with Crippen LogP contribution in [0.25, 0.3) is 0 Å². The number of hydrogen-bond donors (Lipinski definition) is 2. The van der Waals surface area contributed by atoms with Crippen LogP contribution in [0.1, 0.15) is 33.7 Å². The van der Waals surface area contributed by atoms with E-state index in [0.29, 0.717) is 11.5 Å². The van der Waals surface area contributed by atoms with Crippen molar-refractivity contribution in [2.24, 2.45) is 0 Å². The van der Waals surface area contributed by atoms with Crippen LogP contribution in [-0.4, -0.2) is 10.2 Å². The van der Waals surface area contributed by atoms with E-state index in [4.69, 9.17) is 0 Å². The second-order valence-electron chi connectivity index (χ2n) is 6.33. The Balaban J connectivity index is 2.05. The van der Waals surface area contributed by atoms with Gasteiger partial charge in [-0.05, 0) is 60.2 Å². The molecule has 0 unspecified atom stereocenters. The van der Waals surface area contributed by atoms with Crippen molar-refractivity contribution in [1.82, 2.24) is 0 Å². The van der Waals surface area contributed by atoms with Crippen molar-refractivity contribution in [1.29, 1.82) is 0 Å². The molecule has 3 aromatic carbocycles. The molecule has 0 radical (unpaired) electrons. The summed E-state index contributed by atoms with van der Waals surface area (Å²) in [6.07, 6.45) is 0.870. The first-order valence-corrected chi connectivity index (χ1v) is 8.17. The molecule has 24 heavy (non-hydrogen) atoms. The highest BCUT2D eigenvalue weighted by atomic mass is 16.3. The maximum atomic E-state index is 9.83. The number of aromatic hydroxyl groups is 2. The van der Waals surface area contributed by atoms with Gasteiger partial charge in [-0.2, -0.15) is 0 Å². The highest BCUT2D eigenvalue weighted by Gasteiger charge is 2.17. The smallest absolute Gasteiger partial charge is 0.118 e. The molecule has 0 fully saturated rings. The standard InChI is InChI=1S/C22H22O2/c1-15-12-18(8-10-21(15)23)20(14-17-6-4-3-5-7-17)19-9-11-22(24)16(2)13-19/h3-13,20,23-24H,14H2,1-2H3. The van der Waals surface area contributed by atoms with Crippen molar-refractivity contribution in [2.45, 2.75) is 26.2 Å². The fraction of sp³-hybridized carbons (Fsp3) is 0.182. The predicted octanol–water partition coefficient (Wildman–Crippen LogP) is 5.09. The minimum Gasteiger partial charge on any atom is -0.508 e. The summed E-state index contributed by atoms with van der Waals surface area (Å²) in [7, 11) is 0. The SMILES string of the molecule is Cc1cc(C(Cc2ccccc2)c2ccc(O)c(C)c2)ccc1O. The molecule has 0 aliphatic heterocycles. The zero-order valence-electron chi connectivity index (χ0n) is 14.0. The monoisotopic (exact) mass is 318 g/mol. The van der Waals surface area contributed by atoms with Gasteiger partial charge in [0.2, 0.25) is 0 Å². The summed E-state index contributed by atoms with van der Waals surface area (Å²) < 4.78 is 0. The molecule has 122 valence electrons. The summed E-state index contributed by atoms with van der Waals surface area (Å²) >= 11 is 0. The summed E-state index contributed by atoms with van der Waals surface area (Å²) in [6, 6.07) is 22.0. The van der Waals surface area contributed by atoms with E-state index in [2.05, 4.69) is 24.3 Å². The van der Waals surface area contributed by atoms with Crippen molar-refractivity contribution in [3.05, 3.63) is 94.5 Å². The lowest BCUT2D eigenvalue weighted by Crippen LogP contribution is -2.06. The number of benzene rings is 3. The zero-order valence-corrected chi connectivity index (χ0v) is 14.0. The van der Waals surface area contributed by atoms with Crippen LogP contribution in [-0.2, 0) is 6.42 Å². The van der Waals surface area contributed by atoms with E-state index in [-0.39, 0.29) is 5.92 Å². The highest BCUT2D eigenvalue weighted by molar-refractivity contribution is 5.44. The van der Waals surface area contributed by atoms with Gasteiger partial charge in [0.25, 0.3) is 0 Å². The maximum Gasteiger partial charge on any atom is 0.118 e. The lowest BCUT2D eigenvalue weighted by molar-refractivity contribution is 0.470. The van der Waals surface area contributed by atoms with E-state index in [9.17, 15) is 10.2 Å². The van der Waals surface area contributed by atoms with Crippen LogP contribution in [0.2, 0.25) is 0 Å². The minimum atomic E-state index is 0.172. The zero-order chi connectivity index (χ0) is 17.1. The highest BCUT2D eigenvalue weighted by Crippen LogP contribution is 2.33. The molecule has 0 heterocycles. The largest absolute Gasteiger partial charge is 0.508 e. The Morgan fingerprint density at radius 2 is 1.21 bits per heavy atom. The molecule has 0 bridgehead atoms. The van der Waals surface area contributed by atoms with Crippen molar-refractivity contribution < 1.29 is 10.2 Å². The van der Waals surface area contributed by atoms with E-state index in [1.54, 1.807) is 12.1 Å². The molecular formula is C22H22O2. The van der Waals surface area contributed by atoms with Crippen LogP contribution in [0.15, 0.2) is 66.7 Å². The Bertz CT molecular complexity index is 786. The first-order valence-electron chi connectivity index (χ1n) is 8.17. The minimum absolute atomic E-state index is 0.172. The van der Waals surface area contributed by atoms with Crippen molar-refractivity contribution in [3.63, 3.8) is 0 Å². The molecule has 0 saturated heterocycles. The molecule has 0 atom stereocenters. The number of phenols is 2. The summed E-state index contributed by atoms with van der Waals surface area (Å²) in [6.45, 7) is 3.83. The van der Waals surface area contributed by atoms with Gasteiger partial charge < -0.3 is 10.2 Å². The Morgan fingerprint density at radius 1 is 0.708 bits per heavy atom. The molecule has 0 aliphatic rings. The van der Waals surface area contributed by atoms with Crippen molar-refractivity contribution >= 4 is 0 Å². The molecule has 0 amide bonds. The average molecular weight is 318 g/mol. The second-order valence-corrected chi connectivity index (χ2v) is 6.33. The van der Waals surface area contributed by atoms with Gasteiger partial charge in [0, 0.05) is 5.92 Å². The van der Waals surface area contributed by atoms with E-state index in [1.807, 2.05) is 44.2 Å². The maximum absolute atomic E-state index is 9.83. The lowest BCUT2D eigenvalue weighted by atomic mass is 9.84. The topological polar surface area (TPSA) is 40.5 Å². The second kappa shape index (κ2) is 6.79. The van der Waals surface area contributed by atoms with Crippen LogP contribution >= 0.6 is 0 Å². The quantitative estimate of drug-likeness (QED) is 0.703. The van der Waals surface area contributed by atoms with Gasteiger partial charge in [-0.25, -0.2) is 0 Å². The van der Waals surface area contributed by atoms with E-state index < -0.39 is 0 Å². The Hall–Kier alpha value is -2.74. The molecule has 0 aromatic heterocycles. The molecule has 0 saturated carbocycles. The van der Waals surface area contributed by atoms with Gasteiger partial charge in [0.05, 0.1) is 0 Å². The Kier molecular flexibility index (Phi) is 4.57. The van der Waals surface area contributed by atoms with Crippen molar-refractivity contribution in [2.75, 3.05) is 0 Å². The third-order valence-corrected chi connectivity index (χ3v) is 4.53. The van der Waals surface area contributed by atoms with Crippen LogP contribution in [0, 0.1) is 13.8 Å². The molecule has 2 nitrogen and oxygen atoms in total. The summed E-state index contributed by atoms with van der Waals surface area (Å²) in [5.41, 5.74) is 5.35. The van der Waals surface area contributed by atoms with Gasteiger partial charge >= 0.3 is 0 Å². The fourth-order valence-electron chi connectivity index (χ4n) is 3.07. The number of aryl methyl sites for hydroxylation is 2. The van der Waals surface area contributed by atoms with Gasteiger partial charge in [0.1, 0.15) is 11.5 Å². The third kappa shape index (κ3) is 3.43. The summed E-state index contributed by atoms with van der Waals surface area (Å²) in [5.74, 6) is 0.809. The van der Waals surface area contributed by atoms with Crippen molar-refractivity contribution in [3.8, 4) is 11.5 Å². The van der Waals surface area contributed by atoms with Gasteiger partial charge in [-0.3, -0.25) is 0 Å². The Labute approximate surface area is 143 Å². The summed E-state index contributed by atoms with van der Waals surface area (Å²) in [5, 5.41) is 19.7. The molecule has 0 aliphatic carbocycles.